The monoisotopic (exact) mass is 374 g/mol. The summed E-state index contributed by atoms with van der Waals surface area (Å²) in [5.74, 6) is 0.866. The van der Waals surface area contributed by atoms with Crippen LogP contribution >= 0.6 is 23.1 Å². The number of sulfonamides is 1. The average molecular weight is 374 g/mol. The Hall–Kier alpha value is -1.72. The molecule has 0 unspecified atom stereocenters. The van der Waals surface area contributed by atoms with Gasteiger partial charge in [-0.2, -0.15) is 0 Å². The van der Waals surface area contributed by atoms with Gasteiger partial charge in [-0.3, -0.25) is 14.8 Å². The standard InChI is InChI=1S/C12H14N4O4S3/c1-3-6-21-12-14-13-11(22-12)15-23(19,20)10-7-9(16(17)18)5-4-8(10)2/h4-5,7H,3,6H2,1-2H3,(H,13,15). The fraction of sp³-hybridized carbons (Fsp3) is 0.333. The van der Waals surface area contributed by atoms with Crippen molar-refractivity contribution in [2.75, 3.05) is 10.5 Å². The number of nitro benzene ring substituents is 1. The molecular weight excluding hydrogens is 360 g/mol. The van der Waals surface area contributed by atoms with Gasteiger partial charge in [0.15, 0.2) is 4.34 Å². The lowest BCUT2D eigenvalue weighted by Gasteiger charge is -2.07. The summed E-state index contributed by atoms with van der Waals surface area (Å²) in [6, 6.07) is 3.69. The van der Waals surface area contributed by atoms with Gasteiger partial charge in [0.25, 0.3) is 15.7 Å². The minimum absolute atomic E-state index is 0.134. The third kappa shape index (κ3) is 4.39. The molecule has 0 spiro atoms. The fourth-order valence-electron chi connectivity index (χ4n) is 1.66. The summed E-state index contributed by atoms with van der Waals surface area (Å²) in [6.45, 7) is 3.60. The van der Waals surface area contributed by atoms with Crippen molar-refractivity contribution in [3.05, 3.63) is 33.9 Å². The Labute approximate surface area is 141 Å². The van der Waals surface area contributed by atoms with E-state index in [1.54, 1.807) is 6.92 Å². The smallest absolute Gasteiger partial charge is 0.258 e. The Balaban J connectivity index is 2.26. The number of anilines is 1. The maximum absolute atomic E-state index is 12.4. The zero-order valence-electron chi connectivity index (χ0n) is 12.3. The highest BCUT2D eigenvalue weighted by molar-refractivity contribution is 8.01. The molecule has 1 N–H and O–H groups in total. The number of hydrogen-bond acceptors (Lipinski definition) is 8. The van der Waals surface area contributed by atoms with Crippen LogP contribution in [-0.4, -0.2) is 29.3 Å². The maximum atomic E-state index is 12.4. The van der Waals surface area contributed by atoms with Crippen molar-refractivity contribution in [3.8, 4) is 0 Å². The van der Waals surface area contributed by atoms with Crippen LogP contribution in [0.1, 0.15) is 18.9 Å². The van der Waals surface area contributed by atoms with Crippen LogP contribution in [0.5, 0.6) is 0 Å². The maximum Gasteiger partial charge on any atom is 0.270 e. The molecule has 0 fully saturated rings. The molecule has 2 aromatic rings. The molecule has 0 saturated carbocycles. The zero-order valence-corrected chi connectivity index (χ0v) is 14.8. The number of nitrogens with zero attached hydrogens (tertiary/aromatic N) is 3. The van der Waals surface area contributed by atoms with Gasteiger partial charge in [-0.05, 0) is 18.9 Å². The topological polar surface area (TPSA) is 115 Å². The van der Waals surface area contributed by atoms with Crippen LogP contribution in [0.2, 0.25) is 0 Å². The summed E-state index contributed by atoms with van der Waals surface area (Å²) in [6.07, 6.45) is 0.970. The molecule has 0 aliphatic rings. The van der Waals surface area contributed by atoms with E-state index in [2.05, 4.69) is 14.9 Å². The quantitative estimate of drug-likeness (QED) is 0.450. The Bertz CT molecular complexity index is 819. The highest BCUT2D eigenvalue weighted by Crippen LogP contribution is 2.29. The summed E-state index contributed by atoms with van der Waals surface area (Å²) < 4.78 is 27.8. The third-order valence-corrected chi connectivity index (χ3v) is 6.52. The van der Waals surface area contributed by atoms with Gasteiger partial charge in [0.05, 0.1) is 9.82 Å². The normalized spacial score (nSPS) is 11.4. The summed E-state index contributed by atoms with van der Waals surface area (Å²) in [5.41, 5.74) is 0.126. The number of nitrogens with one attached hydrogen (secondary N) is 1. The van der Waals surface area contributed by atoms with Crippen molar-refractivity contribution < 1.29 is 13.3 Å². The first-order valence-electron chi connectivity index (χ1n) is 6.57. The van der Waals surface area contributed by atoms with Crippen LogP contribution in [0, 0.1) is 17.0 Å². The largest absolute Gasteiger partial charge is 0.270 e. The molecule has 0 aliphatic heterocycles. The molecule has 8 nitrogen and oxygen atoms in total. The summed E-state index contributed by atoms with van der Waals surface area (Å²) in [4.78, 5) is 10.0. The minimum Gasteiger partial charge on any atom is -0.258 e. The van der Waals surface area contributed by atoms with Gasteiger partial charge in [0.2, 0.25) is 5.13 Å². The first-order chi connectivity index (χ1) is 10.8. The molecule has 1 aromatic carbocycles. The number of nitro groups is 1. The van der Waals surface area contributed by atoms with E-state index in [0.717, 1.165) is 29.6 Å². The summed E-state index contributed by atoms with van der Waals surface area (Å²) >= 11 is 2.62. The van der Waals surface area contributed by atoms with Crippen molar-refractivity contribution in [3.63, 3.8) is 0 Å². The SMILES string of the molecule is CCCSc1nnc(NS(=O)(=O)c2cc([N+](=O)[O-])ccc2C)s1. The summed E-state index contributed by atoms with van der Waals surface area (Å²) in [5, 5.41) is 18.6. The van der Waals surface area contributed by atoms with Crippen LogP contribution in [0.4, 0.5) is 10.8 Å². The van der Waals surface area contributed by atoms with E-state index in [1.165, 1.54) is 23.9 Å². The molecule has 1 heterocycles. The first kappa shape index (κ1) is 17.6. The lowest BCUT2D eigenvalue weighted by atomic mass is 10.2. The van der Waals surface area contributed by atoms with Crippen molar-refractivity contribution >= 4 is 43.9 Å². The van der Waals surface area contributed by atoms with Crippen LogP contribution in [0.15, 0.2) is 27.4 Å². The van der Waals surface area contributed by atoms with Gasteiger partial charge in [0, 0.05) is 17.9 Å². The van der Waals surface area contributed by atoms with Crippen LogP contribution < -0.4 is 4.72 Å². The van der Waals surface area contributed by atoms with Crippen molar-refractivity contribution in [2.24, 2.45) is 0 Å². The van der Waals surface area contributed by atoms with Crippen LogP contribution in [0.25, 0.3) is 0 Å². The van der Waals surface area contributed by atoms with Crippen molar-refractivity contribution in [1.29, 1.82) is 0 Å². The van der Waals surface area contributed by atoms with Crippen LogP contribution in [0.3, 0.4) is 0 Å². The molecule has 124 valence electrons. The van der Waals surface area contributed by atoms with E-state index in [0.29, 0.717) is 9.90 Å². The van der Waals surface area contributed by atoms with E-state index >= 15 is 0 Å². The van der Waals surface area contributed by atoms with Gasteiger partial charge < -0.3 is 0 Å². The number of thioether (sulfide) groups is 1. The number of aromatic nitrogens is 2. The van der Waals surface area contributed by atoms with Crippen molar-refractivity contribution in [1.82, 2.24) is 10.2 Å². The van der Waals surface area contributed by atoms with E-state index < -0.39 is 14.9 Å². The van der Waals surface area contributed by atoms with Gasteiger partial charge in [-0.25, -0.2) is 8.42 Å². The Morgan fingerprint density at radius 3 is 2.78 bits per heavy atom. The molecular formula is C12H14N4O4S3. The number of hydrogen-bond donors (Lipinski definition) is 1. The van der Waals surface area contributed by atoms with E-state index in [-0.39, 0.29) is 15.7 Å². The van der Waals surface area contributed by atoms with Gasteiger partial charge in [0.1, 0.15) is 0 Å². The average Bonchev–Trinajstić information content (AvgIpc) is 2.91. The number of aryl methyl sites for hydroxylation is 1. The van der Waals surface area contributed by atoms with Crippen LogP contribution in [-0.2, 0) is 10.0 Å². The molecule has 0 amide bonds. The second-order valence-corrected chi connectivity index (χ2v) is 8.50. The highest BCUT2D eigenvalue weighted by atomic mass is 32.2. The lowest BCUT2D eigenvalue weighted by molar-refractivity contribution is -0.385. The number of rotatable bonds is 7. The third-order valence-electron chi connectivity index (χ3n) is 2.73. The van der Waals surface area contributed by atoms with Gasteiger partial charge >= 0.3 is 0 Å². The second-order valence-electron chi connectivity index (χ2n) is 4.53. The summed E-state index contributed by atoms with van der Waals surface area (Å²) in [7, 11) is -3.96. The number of benzene rings is 1. The van der Waals surface area contributed by atoms with Gasteiger partial charge in [-0.15, -0.1) is 10.2 Å². The Morgan fingerprint density at radius 1 is 1.39 bits per heavy atom. The first-order valence-corrected chi connectivity index (χ1v) is 9.86. The predicted octanol–water partition coefficient (Wildman–Crippen LogP) is 3.06. The van der Waals surface area contributed by atoms with E-state index in [4.69, 9.17) is 0 Å². The predicted molar refractivity (Wildman–Crippen MR) is 89.6 cm³/mol. The molecule has 1 aromatic heterocycles. The molecule has 23 heavy (non-hydrogen) atoms. The molecule has 0 saturated heterocycles. The Kier molecular flexibility index (Phi) is 5.55. The second kappa shape index (κ2) is 7.23. The zero-order chi connectivity index (χ0) is 17.0. The molecule has 2 rings (SSSR count). The van der Waals surface area contributed by atoms with Gasteiger partial charge in [-0.1, -0.05) is 36.1 Å². The molecule has 0 radical (unpaired) electrons. The minimum atomic E-state index is -3.96. The van der Waals surface area contributed by atoms with E-state index in [1.807, 2.05) is 6.92 Å². The fourth-order valence-corrected chi connectivity index (χ4v) is 4.83. The van der Waals surface area contributed by atoms with Crippen molar-refractivity contribution in [2.45, 2.75) is 29.5 Å². The lowest BCUT2D eigenvalue weighted by Crippen LogP contribution is -2.14. The molecule has 0 atom stereocenters. The van der Waals surface area contributed by atoms with E-state index in [9.17, 15) is 18.5 Å². The number of non-ortho nitro benzene ring substituents is 1. The highest BCUT2D eigenvalue weighted by Gasteiger charge is 2.22. The molecule has 11 heteroatoms. The Morgan fingerprint density at radius 2 is 2.13 bits per heavy atom. The molecule has 0 aliphatic carbocycles. The molecule has 0 bridgehead atoms.